The lowest BCUT2D eigenvalue weighted by Gasteiger charge is -2.43. The molecule has 0 saturated heterocycles. The fourth-order valence-electron chi connectivity index (χ4n) is 4.15. The van der Waals surface area contributed by atoms with Crippen LogP contribution in [-0.2, 0) is 0 Å². The molecule has 7 nitrogen and oxygen atoms in total. The van der Waals surface area contributed by atoms with Gasteiger partial charge in [0.1, 0.15) is 25.1 Å². The van der Waals surface area contributed by atoms with Gasteiger partial charge in [0.25, 0.3) is 5.91 Å². The van der Waals surface area contributed by atoms with E-state index in [1.54, 1.807) is 21.7 Å². The summed E-state index contributed by atoms with van der Waals surface area (Å²) in [6.45, 7) is 0.854. The zero-order valence-corrected chi connectivity index (χ0v) is 17.8. The Morgan fingerprint density at radius 2 is 1.84 bits per heavy atom. The Morgan fingerprint density at radius 3 is 2.66 bits per heavy atom. The number of carbonyl (C=O) groups excluding carboxylic acids is 1. The van der Waals surface area contributed by atoms with E-state index in [1.807, 2.05) is 53.6 Å². The molecular formula is C24H20ClN3O4. The number of hydrogen-bond donors (Lipinski definition) is 1. The minimum Gasteiger partial charge on any atom is -0.502 e. The van der Waals surface area contributed by atoms with Gasteiger partial charge in [0.2, 0.25) is 5.43 Å². The van der Waals surface area contributed by atoms with Crippen LogP contribution in [0.1, 0.15) is 27.7 Å². The minimum atomic E-state index is -0.599. The van der Waals surface area contributed by atoms with Crippen LogP contribution in [0.2, 0.25) is 5.02 Å². The Bertz CT molecular complexity index is 1270. The molecule has 32 heavy (non-hydrogen) atoms. The molecule has 2 aliphatic heterocycles. The number of rotatable bonds is 1. The van der Waals surface area contributed by atoms with Gasteiger partial charge in [-0.1, -0.05) is 54.1 Å². The van der Waals surface area contributed by atoms with Gasteiger partial charge >= 0.3 is 0 Å². The smallest absolute Gasteiger partial charge is 0.278 e. The van der Waals surface area contributed by atoms with Gasteiger partial charge in [-0.05, 0) is 23.8 Å². The number of aromatic nitrogens is 1. The van der Waals surface area contributed by atoms with Crippen LogP contribution in [-0.4, -0.2) is 40.4 Å². The molecule has 0 radical (unpaired) electrons. The molecule has 3 aromatic rings. The van der Waals surface area contributed by atoms with Gasteiger partial charge in [-0.25, -0.2) is 0 Å². The van der Waals surface area contributed by atoms with E-state index >= 15 is 0 Å². The predicted octanol–water partition coefficient (Wildman–Crippen LogP) is 3.30. The molecule has 1 aromatic heterocycles. The van der Waals surface area contributed by atoms with Crippen molar-refractivity contribution in [3.8, 4) is 11.5 Å². The summed E-state index contributed by atoms with van der Waals surface area (Å²) in [6, 6.07) is 16.1. The molecule has 0 aliphatic carbocycles. The predicted molar refractivity (Wildman–Crippen MR) is 121 cm³/mol. The number of carbonyl (C=O) groups is 1. The zero-order valence-electron chi connectivity index (χ0n) is 17.0. The quantitative estimate of drug-likeness (QED) is 0.577. The molecule has 2 bridgehead atoms. The molecule has 1 atom stereocenters. The van der Waals surface area contributed by atoms with Gasteiger partial charge in [-0.15, -0.1) is 0 Å². The molecule has 2 aliphatic rings. The fraction of sp³-hybridized carbons (Fsp3) is 0.167. The van der Waals surface area contributed by atoms with E-state index in [4.69, 9.17) is 16.3 Å². The van der Waals surface area contributed by atoms with Gasteiger partial charge < -0.3 is 14.7 Å². The molecule has 0 saturated carbocycles. The van der Waals surface area contributed by atoms with Crippen LogP contribution in [0, 0.1) is 0 Å². The molecule has 5 rings (SSSR count). The molecule has 1 amide bonds. The Kier molecular flexibility index (Phi) is 5.11. The van der Waals surface area contributed by atoms with E-state index in [2.05, 4.69) is 0 Å². The first-order valence-electron chi connectivity index (χ1n) is 10.2. The first kappa shape index (κ1) is 20.2. The summed E-state index contributed by atoms with van der Waals surface area (Å²) in [5.74, 6) is -0.358. The minimum absolute atomic E-state index is 0.0613. The van der Waals surface area contributed by atoms with Crippen molar-refractivity contribution >= 4 is 17.5 Å². The zero-order chi connectivity index (χ0) is 22.2. The maximum atomic E-state index is 13.2. The van der Waals surface area contributed by atoms with Gasteiger partial charge in [0.15, 0.2) is 11.4 Å². The molecule has 3 heterocycles. The van der Waals surface area contributed by atoms with Crippen LogP contribution in [0.3, 0.4) is 0 Å². The van der Waals surface area contributed by atoms with E-state index in [1.165, 1.54) is 12.3 Å². The number of halogens is 1. The summed E-state index contributed by atoms with van der Waals surface area (Å²) in [4.78, 5) is 26.9. The van der Waals surface area contributed by atoms with Crippen molar-refractivity contribution < 1.29 is 14.6 Å². The Labute approximate surface area is 189 Å². The van der Waals surface area contributed by atoms with Gasteiger partial charge in [0, 0.05) is 29.4 Å². The Hall–Kier alpha value is -3.71. The molecule has 162 valence electrons. The second kappa shape index (κ2) is 8.09. The number of pyridine rings is 1. The van der Waals surface area contributed by atoms with Crippen LogP contribution < -0.4 is 15.2 Å². The first-order chi connectivity index (χ1) is 15.5. The van der Waals surface area contributed by atoms with Crippen molar-refractivity contribution in [1.29, 1.82) is 0 Å². The van der Waals surface area contributed by atoms with Crippen molar-refractivity contribution in [2.75, 3.05) is 24.8 Å². The standard InChI is InChI=1S/C24H20ClN3O4/c25-17-8-9-18-20(14-17)32-13-5-4-11-26-15-28(21(18)16-6-2-1-3-7-16)27-12-10-19(29)23(30)22(27)24(26)31/h1-10,12,14,21,30H,11,13,15H2/b5-4+/t21-/m1/s1. The van der Waals surface area contributed by atoms with E-state index in [0.717, 1.165) is 11.1 Å². The number of aromatic hydroxyl groups is 1. The summed E-state index contributed by atoms with van der Waals surface area (Å²) >= 11 is 6.28. The Balaban J connectivity index is 1.80. The lowest BCUT2D eigenvalue weighted by atomic mass is 9.97. The Morgan fingerprint density at radius 1 is 1.03 bits per heavy atom. The van der Waals surface area contributed by atoms with Gasteiger partial charge in [0.05, 0.1) is 0 Å². The van der Waals surface area contributed by atoms with Crippen molar-refractivity contribution in [2.24, 2.45) is 0 Å². The molecule has 1 N–H and O–H groups in total. The lowest BCUT2D eigenvalue weighted by Crippen LogP contribution is -2.55. The molecule has 0 fully saturated rings. The number of nitrogens with zero attached hydrogens (tertiary/aromatic N) is 3. The maximum Gasteiger partial charge on any atom is 0.278 e. The highest BCUT2D eigenvalue weighted by molar-refractivity contribution is 6.30. The highest BCUT2D eigenvalue weighted by Gasteiger charge is 2.37. The van der Waals surface area contributed by atoms with Gasteiger partial charge in [-0.3, -0.25) is 19.3 Å². The molecule has 2 aromatic carbocycles. The third kappa shape index (κ3) is 3.40. The van der Waals surface area contributed by atoms with Crippen molar-refractivity contribution in [2.45, 2.75) is 6.04 Å². The van der Waals surface area contributed by atoms with Crippen molar-refractivity contribution in [3.63, 3.8) is 0 Å². The number of amides is 1. The van der Waals surface area contributed by atoms with Gasteiger partial charge in [-0.2, -0.15) is 0 Å². The summed E-state index contributed by atoms with van der Waals surface area (Å²) in [5, 5.41) is 13.0. The topological polar surface area (TPSA) is 75.0 Å². The fourth-order valence-corrected chi connectivity index (χ4v) is 4.31. The third-order valence-corrected chi connectivity index (χ3v) is 5.88. The van der Waals surface area contributed by atoms with Crippen LogP contribution in [0.25, 0.3) is 0 Å². The van der Waals surface area contributed by atoms with E-state index in [9.17, 15) is 14.7 Å². The molecular weight excluding hydrogens is 430 g/mol. The number of benzene rings is 2. The summed E-state index contributed by atoms with van der Waals surface area (Å²) < 4.78 is 7.61. The third-order valence-electron chi connectivity index (χ3n) is 5.65. The van der Waals surface area contributed by atoms with E-state index in [0.29, 0.717) is 23.9 Å². The van der Waals surface area contributed by atoms with E-state index < -0.39 is 23.1 Å². The highest BCUT2D eigenvalue weighted by Crippen LogP contribution is 2.38. The number of fused-ring (bicyclic) bond motifs is 5. The largest absolute Gasteiger partial charge is 0.502 e. The normalized spacial score (nSPS) is 18.8. The molecule has 0 unspecified atom stereocenters. The average molecular weight is 450 g/mol. The first-order valence-corrected chi connectivity index (χ1v) is 10.6. The second-order valence-corrected chi connectivity index (χ2v) is 8.04. The van der Waals surface area contributed by atoms with Crippen molar-refractivity contribution in [3.05, 3.63) is 105 Å². The lowest BCUT2D eigenvalue weighted by molar-refractivity contribution is 0.0701. The van der Waals surface area contributed by atoms with E-state index in [-0.39, 0.29) is 12.4 Å². The molecule has 8 heteroatoms. The van der Waals surface area contributed by atoms with Crippen LogP contribution >= 0.6 is 11.6 Å². The number of ether oxygens (including phenoxy) is 1. The molecule has 0 spiro atoms. The van der Waals surface area contributed by atoms with Crippen molar-refractivity contribution in [1.82, 2.24) is 9.58 Å². The van der Waals surface area contributed by atoms with Crippen LogP contribution in [0.15, 0.2) is 77.7 Å². The summed E-state index contributed by atoms with van der Waals surface area (Å²) in [6.07, 6.45) is 5.18. The monoisotopic (exact) mass is 449 g/mol. The van der Waals surface area contributed by atoms with Crippen LogP contribution in [0.5, 0.6) is 11.5 Å². The SMILES string of the molecule is O=C1c2c(O)c(=O)ccn2N2CN1C/C=C/COc1cc(Cl)ccc1[C@H]2c1ccccc1. The highest BCUT2D eigenvalue weighted by atomic mass is 35.5. The number of hydrogen-bond acceptors (Lipinski definition) is 5. The second-order valence-electron chi connectivity index (χ2n) is 7.61. The maximum absolute atomic E-state index is 13.2. The summed E-state index contributed by atoms with van der Waals surface area (Å²) in [5.41, 5.74) is 1.13. The summed E-state index contributed by atoms with van der Waals surface area (Å²) in [7, 11) is 0. The average Bonchev–Trinajstić information content (AvgIpc) is 2.82. The van der Waals surface area contributed by atoms with Crippen LogP contribution in [0.4, 0.5) is 0 Å².